The Balaban J connectivity index is 1.92. The van der Waals surface area contributed by atoms with E-state index in [1.807, 2.05) is 74.6 Å². The van der Waals surface area contributed by atoms with Crippen molar-refractivity contribution in [3.05, 3.63) is 85.0 Å². The minimum Gasteiger partial charge on any atom is -0.490 e. The molecule has 0 bridgehead atoms. The Morgan fingerprint density at radius 3 is 1.58 bits per heavy atom. The maximum absolute atomic E-state index is 5.67. The van der Waals surface area contributed by atoms with Crippen LogP contribution >= 0.6 is 0 Å². The van der Waals surface area contributed by atoms with Gasteiger partial charge in [0, 0.05) is 0 Å². The Morgan fingerprint density at radius 1 is 0.625 bits per heavy atom. The van der Waals surface area contributed by atoms with E-state index < -0.39 is 0 Å². The Morgan fingerprint density at radius 2 is 1.12 bits per heavy atom. The Kier molecular flexibility index (Phi) is 7.42. The first-order chi connectivity index (χ1) is 11.8. The van der Waals surface area contributed by atoms with Gasteiger partial charge in [-0.1, -0.05) is 54.6 Å². The van der Waals surface area contributed by atoms with Crippen molar-refractivity contribution in [2.24, 2.45) is 0 Å². The van der Waals surface area contributed by atoms with Crippen molar-refractivity contribution >= 4 is 0 Å². The molecule has 0 atom stereocenters. The first kappa shape index (κ1) is 17.6. The van der Waals surface area contributed by atoms with Gasteiger partial charge in [0.05, 0.1) is 0 Å². The Labute approximate surface area is 144 Å². The average molecular weight is 320 g/mol. The van der Waals surface area contributed by atoms with Gasteiger partial charge < -0.3 is 9.47 Å². The highest BCUT2D eigenvalue weighted by Gasteiger charge is 2.00. The lowest BCUT2D eigenvalue weighted by Crippen LogP contribution is -1.93. The van der Waals surface area contributed by atoms with Gasteiger partial charge >= 0.3 is 0 Å². The van der Waals surface area contributed by atoms with Crippen LogP contribution in [0.1, 0.15) is 13.8 Å². The van der Waals surface area contributed by atoms with Crippen molar-refractivity contribution < 1.29 is 9.47 Å². The summed E-state index contributed by atoms with van der Waals surface area (Å²) in [6, 6.07) is 16.3. The molecule has 124 valence electrons. The fraction of sp³-hybridized carbons (Fsp3) is 0.182. The SMILES string of the molecule is CC=CC=CCOc1ccc(-c2ccc(OCC=CC)cc2)cc1. The maximum Gasteiger partial charge on any atom is 0.119 e. The third-order valence-corrected chi connectivity index (χ3v) is 3.41. The summed E-state index contributed by atoms with van der Waals surface area (Å²) < 4.78 is 11.3. The molecule has 0 saturated carbocycles. The Bertz CT molecular complexity index is 677. The predicted molar refractivity (Wildman–Crippen MR) is 102 cm³/mol. The summed E-state index contributed by atoms with van der Waals surface area (Å²) in [4.78, 5) is 0. The summed E-state index contributed by atoms with van der Waals surface area (Å²) in [7, 11) is 0. The molecular weight excluding hydrogens is 296 g/mol. The molecule has 0 radical (unpaired) electrons. The smallest absolute Gasteiger partial charge is 0.119 e. The van der Waals surface area contributed by atoms with E-state index in [1.165, 1.54) is 0 Å². The maximum atomic E-state index is 5.67. The fourth-order valence-corrected chi connectivity index (χ4v) is 2.12. The first-order valence-corrected chi connectivity index (χ1v) is 8.18. The quantitative estimate of drug-likeness (QED) is 0.451. The van der Waals surface area contributed by atoms with Gasteiger partial charge in [-0.05, 0) is 55.3 Å². The molecule has 0 fully saturated rings. The van der Waals surface area contributed by atoms with Gasteiger partial charge in [0.2, 0.25) is 0 Å². The largest absolute Gasteiger partial charge is 0.490 e. The van der Waals surface area contributed by atoms with Gasteiger partial charge in [-0.3, -0.25) is 0 Å². The molecule has 0 aliphatic heterocycles. The van der Waals surface area contributed by atoms with Crippen LogP contribution in [0.2, 0.25) is 0 Å². The highest BCUT2D eigenvalue weighted by molar-refractivity contribution is 5.64. The molecule has 24 heavy (non-hydrogen) atoms. The fourth-order valence-electron chi connectivity index (χ4n) is 2.12. The summed E-state index contributed by atoms with van der Waals surface area (Å²) in [5.74, 6) is 1.75. The third-order valence-electron chi connectivity index (χ3n) is 3.41. The van der Waals surface area contributed by atoms with E-state index in [0.29, 0.717) is 13.2 Å². The van der Waals surface area contributed by atoms with Crippen molar-refractivity contribution in [1.29, 1.82) is 0 Å². The summed E-state index contributed by atoms with van der Waals surface area (Å²) in [6.07, 6.45) is 11.9. The number of ether oxygens (including phenoxy) is 2. The Hall–Kier alpha value is -2.74. The standard InChI is InChI=1S/C22H24O2/c1-3-5-7-8-18-24-22-15-11-20(12-16-22)19-9-13-21(14-10-19)23-17-6-4-2/h3-16H,17-18H2,1-2H3. The number of allylic oxidation sites excluding steroid dienone is 4. The molecule has 0 saturated heterocycles. The molecule has 2 aromatic rings. The molecule has 0 aliphatic rings. The van der Waals surface area contributed by atoms with Gasteiger partial charge in [0.25, 0.3) is 0 Å². The monoisotopic (exact) mass is 320 g/mol. The van der Waals surface area contributed by atoms with Gasteiger partial charge in [-0.25, -0.2) is 0 Å². The highest BCUT2D eigenvalue weighted by Crippen LogP contribution is 2.24. The summed E-state index contributed by atoms with van der Waals surface area (Å²) in [5, 5.41) is 0. The zero-order chi connectivity index (χ0) is 17.0. The molecule has 2 heteroatoms. The molecule has 0 spiro atoms. The van der Waals surface area contributed by atoms with Crippen molar-refractivity contribution in [1.82, 2.24) is 0 Å². The van der Waals surface area contributed by atoms with Crippen LogP contribution in [-0.4, -0.2) is 13.2 Å². The van der Waals surface area contributed by atoms with E-state index in [0.717, 1.165) is 22.6 Å². The van der Waals surface area contributed by atoms with Crippen molar-refractivity contribution in [2.75, 3.05) is 13.2 Å². The zero-order valence-electron chi connectivity index (χ0n) is 14.3. The van der Waals surface area contributed by atoms with Crippen LogP contribution in [0.4, 0.5) is 0 Å². The van der Waals surface area contributed by atoms with E-state index in [-0.39, 0.29) is 0 Å². The minimum atomic E-state index is 0.571. The van der Waals surface area contributed by atoms with Crippen LogP contribution in [0.5, 0.6) is 11.5 Å². The molecule has 0 heterocycles. The minimum absolute atomic E-state index is 0.571. The lowest BCUT2D eigenvalue weighted by molar-refractivity contribution is 0.362. The number of benzene rings is 2. The zero-order valence-corrected chi connectivity index (χ0v) is 14.3. The average Bonchev–Trinajstić information content (AvgIpc) is 2.63. The predicted octanol–water partition coefficient (Wildman–Crippen LogP) is 5.82. The molecule has 2 rings (SSSR count). The molecule has 0 unspecified atom stereocenters. The molecule has 0 amide bonds. The van der Waals surface area contributed by atoms with Crippen LogP contribution in [0.25, 0.3) is 11.1 Å². The van der Waals surface area contributed by atoms with E-state index >= 15 is 0 Å². The van der Waals surface area contributed by atoms with Gasteiger partial charge in [0.1, 0.15) is 24.7 Å². The summed E-state index contributed by atoms with van der Waals surface area (Å²) >= 11 is 0. The second-order valence-electron chi connectivity index (χ2n) is 5.19. The number of hydrogen-bond donors (Lipinski definition) is 0. The van der Waals surface area contributed by atoms with Crippen LogP contribution in [0, 0.1) is 0 Å². The summed E-state index contributed by atoms with van der Waals surface area (Å²) in [5.41, 5.74) is 2.32. The van der Waals surface area contributed by atoms with Gasteiger partial charge in [0.15, 0.2) is 0 Å². The summed E-state index contributed by atoms with van der Waals surface area (Å²) in [6.45, 7) is 5.15. The van der Waals surface area contributed by atoms with Crippen molar-refractivity contribution in [3.8, 4) is 22.6 Å². The molecule has 0 aliphatic carbocycles. The van der Waals surface area contributed by atoms with Crippen LogP contribution in [-0.2, 0) is 0 Å². The lowest BCUT2D eigenvalue weighted by Gasteiger charge is -2.07. The van der Waals surface area contributed by atoms with Crippen LogP contribution < -0.4 is 9.47 Å². The molecule has 0 aromatic heterocycles. The first-order valence-electron chi connectivity index (χ1n) is 8.18. The van der Waals surface area contributed by atoms with Gasteiger partial charge in [-0.2, -0.15) is 0 Å². The second kappa shape index (κ2) is 10.1. The topological polar surface area (TPSA) is 18.5 Å². The van der Waals surface area contributed by atoms with Crippen molar-refractivity contribution in [2.45, 2.75) is 13.8 Å². The molecule has 2 aromatic carbocycles. The molecule has 0 N–H and O–H groups in total. The normalized spacial score (nSPS) is 11.6. The second-order valence-corrected chi connectivity index (χ2v) is 5.19. The molecular formula is C22H24O2. The van der Waals surface area contributed by atoms with E-state index in [1.54, 1.807) is 0 Å². The number of hydrogen-bond acceptors (Lipinski definition) is 2. The van der Waals surface area contributed by atoms with Crippen molar-refractivity contribution in [3.63, 3.8) is 0 Å². The lowest BCUT2D eigenvalue weighted by atomic mass is 10.1. The van der Waals surface area contributed by atoms with Crippen LogP contribution in [0.3, 0.4) is 0 Å². The van der Waals surface area contributed by atoms with E-state index in [2.05, 4.69) is 24.3 Å². The van der Waals surface area contributed by atoms with E-state index in [4.69, 9.17) is 9.47 Å². The van der Waals surface area contributed by atoms with E-state index in [9.17, 15) is 0 Å². The van der Waals surface area contributed by atoms with Crippen LogP contribution in [0.15, 0.2) is 85.0 Å². The highest BCUT2D eigenvalue weighted by atomic mass is 16.5. The third kappa shape index (κ3) is 5.81. The molecule has 2 nitrogen and oxygen atoms in total. The number of rotatable bonds is 8. The van der Waals surface area contributed by atoms with Gasteiger partial charge in [-0.15, -0.1) is 0 Å².